The van der Waals surface area contributed by atoms with Crippen LogP contribution in [0, 0.1) is 5.92 Å². The van der Waals surface area contributed by atoms with Crippen LogP contribution in [0.4, 0.5) is 5.69 Å². The molecule has 0 saturated carbocycles. The van der Waals surface area contributed by atoms with Gasteiger partial charge in [-0.3, -0.25) is 4.79 Å². The molecule has 1 fully saturated rings. The van der Waals surface area contributed by atoms with Crippen molar-refractivity contribution >= 4 is 11.6 Å². The second-order valence-electron chi connectivity index (χ2n) is 4.69. The SMILES string of the molecule is C[C@H]1C(=O)N(c2ccccc2)[C@H]1c1ccccc1. The van der Waals surface area contributed by atoms with E-state index in [-0.39, 0.29) is 17.9 Å². The standard InChI is InChI=1S/C16H15NO/c1-12-15(13-8-4-2-5-9-13)17(16(12)18)14-10-6-3-7-11-14/h2-12,15H,1H3/t12-,15-/m1/s1. The normalized spacial score (nSPS) is 22.7. The Morgan fingerprint density at radius 1 is 0.889 bits per heavy atom. The molecule has 2 aromatic rings. The quantitative estimate of drug-likeness (QED) is 0.733. The summed E-state index contributed by atoms with van der Waals surface area (Å²) in [5.74, 6) is 0.266. The van der Waals surface area contributed by atoms with Gasteiger partial charge in [0.25, 0.3) is 0 Å². The zero-order chi connectivity index (χ0) is 12.5. The van der Waals surface area contributed by atoms with Gasteiger partial charge in [0, 0.05) is 5.69 Å². The number of carbonyl (C=O) groups excluding carboxylic acids is 1. The largest absolute Gasteiger partial charge is 0.304 e. The summed E-state index contributed by atoms with van der Waals surface area (Å²) in [7, 11) is 0. The van der Waals surface area contributed by atoms with Crippen molar-refractivity contribution in [2.24, 2.45) is 5.92 Å². The third-order valence-electron chi connectivity index (χ3n) is 3.55. The van der Waals surface area contributed by atoms with Crippen molar-refractivity contribution in [1.82, 2.24) is 0 Å². The molecule has 1 heterocycles. The summed E-state index contributed by atoms with van der Waals surface area (Å²) in [5.41, 5.74) is 2.18. The average molecular weight is 237 g/mol. The van der Waals surface area contributed by atoms with Gasteiger partial charge in [-0.2, -0.15) is 0 Å². The number of hydrogen-bond donors (Lipinski definition) is 0. The number of benzene rings is 2. The van der Waals surface area contributed by atoms with E-state index in [0.717, 1.165) is 5.69 Å². The Morgan fingerprint density at radius 3 is 2.06 bits per heavy atom. The summed E-state index contributed by atoms with van der Waals surface area (Å²) in [4.78, 5) is 14.0. The highest BCUT2D eigenvalue weighted by Crippen LogP contribution is 2.42. The maximum Gasteiger partial charge on any atom is 0.232 e. The van der Waals surface area contributed by atoms with E-state index in [4.69, 9.17) is 0 Å². The van der Waals surface area contributed by atoms with Gasteiger partial charge >= 0.3 is 0 Å². The Bertz CT molecular complexity index is 550. The molecule has 1 aliphatic rings. The van der Waals surface area contributed by atoms with Crippen LogP contribution >= 0.6 is 0 Å². The van der Waals surface area contributed by atoms with Crippen molar-refractivity contribution in [3.8, 4) is 0 Å². The highest BCUT2D eigenvalue weighted by molar-refractivity contribution is 6.02. The number of amides is 1. The molecule has 0 bridgehead atoms. The molecule has 0 N–H and O–H groups in total. The van der Waals surface area contributed by atoms with E-state index < -0.39 is 0 Å². The molecular weight excluding hydrogens is 222 g/mol. The van der Waals surface area contributed by atoms with Crippen molar-refractivity contribution in [1.29, 1.82) is 0 Å². The first kappa shape index (κ1) is 11.0. The van der Waals surface area contributed by atoms with E-state index >= 15 is 0 Å². The van der Waals surface area contributed by atoms with Crippen molar-refractivity contribution in [2.75, 3.05) is 4.90 Å². The molecule has 18 heavy (non-hydrogen) atoms. The molecule has 2 aromatic carbocycles. The van der Waals surface area contributed by atoms with E-state index in [1.807, 2.05) is 60.4 Å². The molecule has 2 nitrogen and oxygen atoms in total. The zero-order valence-corrected chi connectivity index (χ0v) is 10.3. The van der Waals surface area contributed by atoms with Crippen LogP contribution in [0.5, 0.6) is 0 Å². The van der Waals surface area contributed by atoms with Gasteiger partial charge in [0.2, 0.25) is 5.91 Å². The highest BCUT2D eigenvalue weighted by Gasteiger charge is 2.45. The Hall–Kier alpha value is -2.09. The second kappa shape index (κ2) is 4.30. The van der Waals surface area contributed by atoms with Crippen LogP contribution in [-0.2, 0) is 4.79 Å². The predicted octanol–water partition coefficient (Wildman–Crippen LogP) is 3.41. The fourth-order valence-corrected chi connectivity index (χ4v) is 2.60. The number of carbonyl (C=O) groups is 1. The van der Waals surface area contributed by atoms with E-state index in [1.165, 1.54) is 5.56 Å². The van der Waals surface area contributed by atoms with E-state index in [1.54, 1.807) is 0 Å². The fourth-order valence-electron chi connectivity index (χ4n) is 2.60. The van der Waals surface area contributed by atoms with Crippen molar-refractivity contribution in [3.05, 3.63) is 66.2 Å². The number of anilines is 1. The molecule has 90 valence electrons. The molecule has 3 rings (SSSR count). The van der Waals surface area contributed by atoms with E-state index in [9.17, 15) is 4.79 Å². The highest BCUT2D eigenvalue weighted by atomic mass is 16.2. The molecule has 0 radical (unpaired) electrons. The smallest absolute Gasteiger partial charge is 0.232 e. The molecule has 0 spiro atoms. The van der Waals surface area contributed by atoms with Gasteiger partial charge in [-0.25, -0.2) is 0 Å². The number of hydrogen-bond acceptors (Lipinski definition) is 1. The first-order chi connectivity index (χ1) is 8.79. The monoisotopic (exact) mass is 237 g/mol. The second-order valence-corrected chi connectivity index (χ2v) is 4.69. The minimum absolute atomic E-state index is 0.0626. The molecule has 0 aliphatic carbocycles. The molecule has 2 heteroatoms. The first-order valence-electron chi connectivity index (χ1n) is 6.22. The number of para-hydroxylation sites is 1. The lowest BCUT2D eigenvalue weighted by atomic mass is 9.83. The topological polar surface area (TPSA) is 20.3 Å². The molecule has 0 unspecified atom stereocenters. The molecular formula is C16H15NO. The van der Waals surface area contributed by atoms with Crippen LogP contribution in [0.2, 0.25) is 0 Å². The van der Waals surface area contributed by atoms with Crippen molar-refractivity contribution in [3.63, 3.8) is 0 Å². The summed E-state index contributed by atoms with van der Waals surface area (Å²) in [5, 5.41) is 0. The summed E-state index contributed by atoms with van der Waals surface area (Å²) in [6.07, 6.45) is 0. The maximum absolute atomic E-state index is 12.1. The molecule has 0 aromatic heterocycles. The van der Waals surface area contributed by atoms with Gasteiger partial charge < -0.3 is 4.90 Å². The van der Waals surface area contributed by atoms with Crippen molar-refractivity contribution < 1.29 is 4.79 Å². The van der Waals surface area contributed by atoms with Crippen LogP contribution in [0.1, 0.15) is 18.5 Å². The van der Waals surface area contributed by atoms with Gasteiger partial charge in [-0.05, 0) is 17.7 Å². The minimum Gasteiger partial charge on any atom is -0.304 e. The predicted molar refractivity (Wildman–Crippen MR) is 72.3 cm³/mol. The lowest BCUT2D eigenvalue weighted by Crippen LogP contribution is -2.54. The molecule has 2 atom stereocenters. The van der Waals surface area contributed by atoms with Gasteiger partial charge in [-0.15, -0.1) is 0 Å². The van der Waals surface area contributed by atoms with Crippen LogP contribution in [0.25, 0.3) is 0 Å². The lowest BCUT2D eigenvalue weighted by Gasteiger charge is -2.46. The number of β-lactam (4-membered cyclic amide) rings is 1. The van der Waals surface area contributed by atoms with Gasteiger partial charge in [0.1, 0.15) is 0 Å². The van der Waals surface area contributed by atoms with Crippen LogP contribution in [-0.4, -0.2) is 5.91 Å². The van der Waals surface area contributed by atoms with E-state index in [0.29, 0.717) is 0 Å². The summed E-state index contributed by atoms with van der Waals surface area (Å²) < 4.78 is 0. The maximum atomic E-state index is 12.1. The van der Waals surface area contributed by atoms with Crippen molar-refractivity contribution in [2.45, 2.75) is 13.0 Å². The molecule has 1 amide bonds. The van der Waals surface area contributed by atoms with Gasteiger partial charge in [0.05, 0.1) is 12.0 Å². The summed E-state index contributed by atoms with van der Waals surface area (Å²) in [6.45, 7) is 2.00. The van der Waals surface area contributed by atoms with Crippen LogP contribution in [0.3, 0.4) is 0 Å². The van der Waals surface area contributed by atoms with Gasteiger partial charge in [0.15, 0.2) is 0 Å². The minimum atomic E-state index is 0.0626. The molecule has 1 aliphatic heterocycles. The number of rotatable bonds is 2. The third-order valence-corrected chi connectivity index (χ3v) is 3.55. The third kappa shape index (κ3) is 1.61. The fraction of sp³-hybridized carbons (Fsp3) is 0.188. The van der Waals surface area contributed by atoms with E-state index in [2.05, 4.69) is 12.1 Å². The zero-order valence-electron chi connectivity index (χ0n) is 10.3. The van der Waals surface area contributed by atoms with Crippen LogP contribution in [0.15, 0.2) is 60.7 Å². The Kier molecular flexibility index (Phi) is 2.63. The average Bonchev–Trinajstić information content (AvgIpc) is 2.45. The Morgan fingerprint density at radius 2 is 1.44 bits per heavy atom. The summed E-state index contributed by atoms with van der Waals surface area (Å²) >= 11 is 0. The Balaban J connectivity index is 1.97. The summed E-state index contributed by atoms with van der Waals surface area (Å²) in [6, 6.07) is 20.3. The first-order valence-corrected chi connectivity index (χ1v) is 6.22. The number of nitrogens with zero attached hydrogens (tertiary/aromatic N) is 1. The lowest BCUT2D eigenvalue weighted by molar-refractivity contribution is -0.129. The van der Waals surface area contributed by atoms with Crippen LogP contribution < -0.4 is 4.90 Å². The Labute approximate surface area is 107 Å². The van der Waals surface area contributed by atoms with Gasteiger partial charge in [-0.1, -0.05) is 55.5 Å². The molecule has 1 saturated heterocycles.